The Labute approximate surface area is 116 Å². The molecular weight excluding hydrogens is 260 g/mol. The Bertz CT molecular complexity index is 577. The summed E-state index contributed by atoms with van der Waals surface area (Å²) in [5, 5.41) is 7.63. The summed E-state index contributed by atoms with van der Waals surface area (Å²) >= 11 is 1.70. The van der Waals surface area contributed by atoms with Crippen LogP contribution in [0.5, 0.6) is 0 Å². The van der Waals surface area contributed by atoms with Gasteiger partial charge in [0.1, 0.15) is 10.6 Å². The number of thiophene rings is 1. The molecule has 0 bridgehead atoms. The van der Waals surface area contributed by atoms with Crippen LogP contribution in [0, 0.1) is 6.92 Å². The highest BCUT2D eigenvalue weighted by Crippen LogP contribution is 2.30. The standard InChI is InChI=1S/C13H18N4OS/c1-8-6-10-11(15-9-4-3-5-18-7-9)16-13(14-2)17-12(10)19-8/h6,9H,3-5,7H2,1-2H3,(H2,14,15,16,17). The second-order valence-corrected chi connectivity index (χ2v) is 6.01. The molecule has 1 atom stereocenters. The van der Waals surface area contributed by atoms with Crippen LogP contribution in [0.15, 0.2) is 6.07 Å². The van der Waals surface area contributed by atoms with E-state index in [1.54, 1.807) is 11.3 Å². The van der Waals surface area contributed by atoms with Crippen LogP contribution in [-0.2, 0) is 4.74 Å². The summed E-state index contributed by atoms with van der Waals surface area (Å²) in [5.41, 5.74) is 0. The van der Waals surface area contributed by atoms with Gasteiger partial charge in [0.15, 0.2) is 0 Å². The van der Waals surface area contributed by atoms with E-state index in [2.05, 4.69) is 33.6 Å². The number of fused-ring (bicyclic) bond motifs is 1. The molecule has 2 aromatic rings. The minimum atomic E-state index is 0.344. The zero-order chi connectivity index (χ0) is 13.2. The number of aromatic nitrogens is 2. The molecule has 1 unspecified atom stereocenters. The quantitative estimate of drug-likeness (QED) is 0.904. The third-order valence-electron chi connectivity index (χ3n) is 3.24. The van der Waals surface area contributed by atoms with Crippen molar-refractivity contribution in [2.45, 2.75) is 25.8 Å². The fraction of sp³-hybridized carbons (Fsp3) is 0.538. The zero-order valence-corrected chi connectivity index (χ0v) is 12.0. The molecule has 1 fully saturated rings. The minimum absolute atomic E-state index is 0.344. The molecule has 3 rings (SSSR count). The van der Waals surface area contributed by atoms with Crippen molar-refractivity contribution in [1.82, 2.24) is 9.97 Å². The Morgan fingerprint density at radius 1 is 1.42 bits per heavy atom. The third-order valence-corrected chi connectivity index (χ3v) is 4.19. The van der Waals surface area contributed by atoms with Crippen molar-refractivity contribution in [2.75, 3.05) is 30.9 Å². The van der Waals surface area contributed by atoms with Crippen molar-refractivity contribution in [1.29, 1.82) is 0 Å². The molecule has 5 nitrogen and oxygen atoms in total. The van der Waals surface area contributed by atoms with E-state index in [0.717, 1.165) is 42.1 Å². The lowest BCUT2D eigenvalue weighted by atomic mass is 10.1. The number of ether oxygens (including phenoxy) is 1. The maximum atomic E-state index is 5.51. The molecule has 0 saturated carbocycles. The summed E-state index contributed by atoms with van der Waals surface area (Å²) in [6.45, 7) is 3.72. The van der Waals surface area contributed by atoms with Crippen LogP contribution in [0.2, 0.25) is 0 Å². The highest BCUT2D eigenvalue weighted by atomic mass is 32.1. The second-order valence-electron chi connectivity index (χ2n) is 4.78. The lowest BCUT2D eigenvalue weighted by Crippen LogP contribution is -2.30. The smallest absolute Gasteiger partial charge is 0.225 e. The van der Waals surface area contributed by atoms with Gasteiger partial charge in [0.05, 0.1) is 18.0 Å². The number of anilines is 2. The average Bonchev–Trinajstić information content (AvgIpc) is 2.80. The van der Waals surface area contributed by atoms with E-state index in [1.807, 2.05) is 7.05 Å². The highest BCUT2D eigenvalue weighted by Gasteiger charge is 2.17. The van der Waals surface area contributed by atoms with Crippen molar-refractivity contribution >= 4 is 33.3 Å². The SMILES string of the molecule is CNc1nc(NC2CCCOC2)c2cc(C)sc2n1. The third kappa shape index (κ3) is 2.64. The topological polar surface area (TPSA) is 59.1 Å². The first-order chi connectivity index (χ1) is 9.26. The molecule has 0 radical (unpaired) electrons. The Hall–Kier alpha value is -1.40. The van der Waals surface area contributed by atoms with Gasteiger partial charge in [-0.3, -0.25) is 0 Å². The van der Waals surface area contributed by atoms with E-state index < -0.39 is 0 Å². The van der Waals surface area contributed by atoms with Crippen LogP contribution < -0.4 is 10.6 Å². The molecule has 6 heteroatoms. The van der Waals surface area contributed by atoms with Crippen molar-refractivity contribution < 1.29 is 4.74 Å². The molecule has 1 aliphatic rings. The number of rotatable bonds is 3. The molecule has 3 heterocycles. The van der Waals surface area contributed by atoms with Crippen LogP contribution in [0.4, 0.5) is 11.8 Å². The predicted molar refractivity (Wildman–Crippen MR) is 79.2 cm³/mol. The Morgan fingerprint density at radius 2 is 2.32 bits per heavy atom. The molecule has 0 aliphatic carbocycles. The van der Waals surface area contributed by atoms with Gasteiger partial charge in [0.2, 0.25) is 5.95 Å². The maximum Gasteiger partial charge on any atom is 0.225 e. The number of aryl methyl sites for hydroxylation is 1. The monoisotopic (exact) mass is 278 g/mol. The summed E-state index contributed by atoms with van der Waals surface area (Å²) in [7, 11) is 1.84. The molecule has 2 N–H and O–H groups in total. The second kappa shape index (κ2) is 5.30. The van der Waals surface area contributed by atoms with Crippen LogP contribution in [-0.4, -0.2) is 36.3 Å². The maximum absolute atomic E-state index is 5.51. The Morgan fingerprint density at radius 3 is 3.05 bits per heavy atom. The summed E-state index contributed by atoms with van der Waals surface area (Å²) in [4.78, 5) is 11.3. The lowest BCUT2D eigenvalue weighted by Gasteiger charge is -2.24. The molecule has 102 valence electrons. The summed E-state index contributed by atoms with van der Waals surface area (Å²) < 4.78 is 5.51. The van der Waals surface area contributed by atoms with Gasteiger partial charge in [-0.25, -0.2) is 4.98 Å². The molecule has 0 spiro atoms. The molecule has 1 aliphatic heterocycles. The van der Waals surface area contributed by atoms with E-state index in [0.29, 0.717) is 12.0 Å². The van der Waals surface area contributed by atoms with Gasteiger partial charge >= 0.3 is 0 Å². The van der Waals surface area contributed by atoms with Crippen molar-refractivity contribution in [3.8, 4) is 0 Å². The first-order valence-corrected chi connectivity index (χ1v) is 7.38. The van der Waals surface area contributed by atoms with Gasteiger partial charge in [-0.15, -0.1) is 11.3 Å². The molecule has 19 heavy (non-hydrogen) atoms. The minimum Gasteiger partial charge on any atom is -0.379 e. The van der Waals surface area contributed by atoms with E-state index >= 15 is 0 Å². The van der Waals surface area contributed by atoms with Crippen LogP contribution >= 0.6 is 11.3 Å². The van der Waals surface area contributed by atoms with Gasteiger partial charge in [0.25, 0.3) is 0 Å². The van der Waals surface area contributed by atoms with Crippen molar-refractivity contribution in [3.05, 3.63) is 10.9 Å². The van der Waals surface area contributed by atoms with Crippen molar-refractivity contribution in [2.24, 2.45) is 0 Å². The van der Waals surface area contributed by atoms with Crippen molar-refractivity contribution in [3.63, 3.8) is 0 Å². The molecule has 1 saturated heterocycles. The van der Waals surface area contributed by atoms with Gasteiger partial charge in [-0.2, -0.15) is 4.98 Å². The number of hydrogen-bond donors (Lipinski definition) is 2. The predicted octanol–water partition coefficient (Wildman–Crippen LogP) is 2.63. The van der Waals surface area contributed by atoms with E-state index in [4.69, 9.17) is 4.74 Å². The molecule has 0 aromatic carbocycles. The number of hydrogen-bond acceptors (Lipinski definition) is 6. The zero-order valence-electron chi connectivity index (χ0n) is 11.2. The molecule has 2 aromatic heterocycles. The lowest BCUT2D eigenvalue weighted by molar-refractivity contribution is 0.0875. The normalized spacial score (nSPS) is 19.6. The van der Waals surface area contributed by atoms with Gasteiger partial charge in [-0.05, 0) is 25.8 Å². The summed E-state index contributed by atoms with van der Waals surface area (Å²) in [6, 6.07) is 2.49. The summed E-state index contributed by atoms with van der Waals surface area (Å²) in [6.07, 6.45) is 2.23. The molecule has 0 amide bonds. The van der Waals surface area contributed by atoms with Gasteiger partial charge in [-0.1, -0.05) is 0 Å². The number of nitrogens with zero attached hydrogens (tertiary/aromatic N) is 2. The van der Waals surface area contributed by atoms with E-state index in [9.17, 15) is 0 Å². The average molecular weight is 278 g/mol. The molecular formula is C13H18N4OS. The fourth-order valence-corrected chi connectivity index (χ4v) is 3.19. The Balaban J connectivity index is 1.95. The van der Waals surface area contributed by atoms with E-state index in [-0.39, 0.29) is 0 Å². The Kier molecular flexibility index (Phi) is 3.52. The van der Waals surface area contributed by atoms with E-state index in [1.165, 1.54) is 4.88 Å². The van der Waals surface area contributed by atoms with Gasteiger partial charge in [0, 0.05) is 18.5 Å². The van der Waals surface area contributed by atoms with Gasteiger partial charge < -0.3 is 15.4 Å². The van der Waals surface area contributed by atoms with Crippen LogP contribution in [0.1, 0.15) is 17.7 Å². The largest absolute Gasteiger partial charge is 0.379 e. The summed E-state index contributed by atoms with van der Waals surface area (Å²) in [5.74, 6) is 1.57. The highest BCUT2D eigenvalue weighted by molar-refractivity contribution is 7.18. The fourth-order valence-electron chi connectivity index (χ4n) is 2.31. The van der Waals surface area contributed by atoms with Crippen LogP contribution in [0.3, 0.4) is 0 Å². The van der Waals surface area contributed by atoms with Crippen LogP contribution in [0.25, 0.3) is 10.2 Å². The first-order valence-electron chi connectivity index (χ1n) is 6.56. The number of nitrogens with one attached hydrogen (secondary N) is 2. The first kappa shape index (κ1) is 12.6.